The lowest BCUT2D eigenvalue weighted by Gasteiger charge is -2.12. The number of fused-ring (bicyclic) bond motifs is 1. The SMILES string of the molecule is NC1=NC(=O)/C(=C/c2c(OCc3ccccc3)ccc3ccccc23)S1. The van der Waals surface area contributed by atoms with Gasteiger partial charge in [0.15, 0.2) is 5.17 Å². The molecule has 4 rings (SSSR count). The zero-order valence-corrected chi connectivity index (χ0v) is 14.7. The molecule has 4 nitrogen and oxygen atoms in total. The van der Waals surface area contributed by atoms with Gasteiger partial charge in [-0.15, -0.1) is 0 Å². The predicted molar refractivity (Wildman–Crippen MR) is 107 cm³/mol. The standard InChI is InChI=1S/C21H16N2O2S/c22-21-23-20(24)19(26-21)12-17-16-9-5-4-8-15(16)10-11-18(17)25-13-14-6-2-1-3-7-14/h1-12H,13H2,(H2,22,23,24)/b19-12-. The minimum Gasteiger partial charge on any atom is -0.488 e. The molecule has 128 valence electrons. The van der Waals surface area contributed by atoms with Gasteiger partial charge < -0.3 is 10.5 Å². The van der Waals surface area contributed by atoms with Crippen molar-refractivity contribution in [2.24, 2.45) is 10.7 Å². The van der Waals surface area contributed by atoms with Gasteiger partial charge in [0.05, 0.1) is 4.91 Å². The van der Waals surface area contributed by atoms with Gasteiger partial charge in [0.1, 0.15) is 12.4 Å². The highest BCUT2D eigenvalue weighted by Crippen LogP contribution is 2.34. The van der Waals surface area contributed by atoms with E-state index in [9.17, 15) is 4.79 Å². The van der Waals surface area contributed by atoms with Crippen molar-refractivity contribution in [3.05, 3.63) is 82.8 Å². The van der Waals surface area contributed by atoms with Crippen molar-refractivity contribution in [1.29, 1.82) is 0 Å². The number of hydrogen-bond donors (Lipinski definition) is 1. The van der Waals surface area contributed by atoms with E-state index in [0.29, 0.717) is 11.5 Å². The van der Waals surface area contributed by atoms with E-state index in [1.165, 1.54) is 11.8 Å². The molecule has 1 amide bonds. The van der Waals surface area contributed by atoms with Crippen LogP contribution < -0.4 is 10.5 Å². The van der Waals surface area contributed by atoms with Gasteiger partial charge >= 0.3 is 0 Å². The Morgan fingerprint density at radius 1 is 1.00 bits per heavy atom. The number of carbonyl (C=O) groups excluding carboxylic acids is 1. The molecule has 0 aromatic heterocycles. The first-order chi connectivity index (χ1) is 12.7. The molecule has 0 fully saturated rings. The van der Waals surface area contributed by atoms with Crippen LogP contribution in [0, 0.1) is 0 Å². The Hall–Kier alpha value is -3.05. The fourth-order valence-corrected chi connectivity index (χ4v) is 3.51. The Balaban J connectivity index is 1.75. The highest BCUT2D eigenvalue weighted by molar-refractivity contribution is 8.18. The summed E-state index contributed by atoms with van der Waals surface area (Å²) in [6.45, 7) is 0.453. The Morgan fingerprint density at radius 2 is 1.77 bits per heavy atom. The van der Waals surface area contributed by atoms with E-state index >= 15 is 0 Å². The number of hydrogen-bond acceptors (Lipinski definition) is 4. The van der Waals surface area contributed by atoms with Crippen LogP contribution in [0.2, 0.25) is 0 Å². The molecule has 0 saturated heterocycles. The maximum Gasteiger partial charge on any atom is 0.286 e. The first kappa shape index (κ1) is 16.4. The molecule has 5 heteroatoms. The van der Waals surface area contributed by atoms with Crippen molar-refractivity contribution in [2.45, 2.75) is 6.61 Å². The molecule has 1 heterocycles. The molecule has 0 aliphatic carbocycles. The number of nitrogens with zero attached hydrogens (tertiary/aromatic N) is 1. The summed E-state index contributed by atoms with van der Waals surface area (Å²) in [6, 6.07) is 21.9. The lowest BCUT2D eigenvalue weighted by atomic mass is 10.0. The van der Waals surface area contributed by atoms with E-state index < -0.39 is 0 Å². The third kappa shape index (κ3) is 3.34. The molecule has 0 unspecified atom stereocenters. The molecular weight excluding hydrogens is 344 g/mol. The summed E-state index contributed by atoms with van der Waals surface area (Å²) in [5.74, 6) is 0.411. The van der Waals surface area contributed by atoms with Gasteiger partial charge in [0.2, 0.25) is 0 Å². The van der Waals surface area contributed by atoms with Crippen LogP contribution in [-0.4, -0.2) is 11.1 Å². The third-order valence-electron chi connectivity index (χ3n) is 4.08. The molecule has 0 saturated carbocycles. The second-order valence-electron chi connectivity index (χ2n) is 5.84. The van der Waals surface area contributed by atoms with Gasteiger partial charge in [0, 0.05) is 5.56 Å². The van der Waals surface area contributed by atoms with Crippen molar-refractivity contribution in [3.8, 4) is 5.75 Å². The molecule has 2 N–H and O–H groups in total. The molecule has 3 aromatic rings. The molecule has 0 atom stereocenters. The summed E-state index contributed by atoms with van der Waals surface area (Å²) in [5.41, 5.74) is 7.62. The highest BCUT2D eigenvalue weighted by atomic mass is 32.2. The maximum atomic E-state index is 12.0. The third-order valence-corrected chi connectivity index (χ3v) is 4.89. The van der Waals surface area contributed by atoms with Crippen LogP contribution in [0.3, 0.4) is 0 Å². The molecular formula is C21H16N2O2S. The summed E-state index contributed by atoms with van der Waals surface area (Å²) in [5, 5.41) is 2.37. The Bertz CT molecular complexity index is 1040. The van der Waals surface area contributed by atoms with E-state index in [-0.39, 0.29) is 11.1 Å². The Morgan fingerprint density at radius 3 is 2.54 bits per heavy atom. The normalized spacial score (nSPS) is 15.5. The number of nitrogens with two attached hydrogens (primary N) is 1. The average molecular weight is 360 g/mol. The van der Waals surface area contributed by atoms with Crippen LogP contribution in [0.1, 0.15) is 11.1 Å². The largest absolute Gasteiger partial charge is 0.488 e. The molecule has 0 bridgehead atoms. The molecule has 3 aromatic carbocycles. The van der Waals surface area contributed by atoms with E-state index in [4.69, 9.17) is 10.5 Å². The minimum atomic E-state index is -0.311. The number of amides is 1. The van der Waals surface area contributed by atoms with Crippen LogP contribution in [0.25, 0.3) is 16.8 Å². The van der Waals surface area contributed by atoms with Gasteiger partial charge in [-0.25, -0.2) is 0 Å². The van der Waals surface area contributed by atoms with Crippen molar-refractivity contribution in [1.82, 2.24) is 0 Å². The van der Waals surface area contributed by atoms with Gasteiger partial charge in [-0.2, -0.15) is 4.99 Å². The number of amidine groups is 1. The van der Waals surface area contributed by atoms with Crippen molar-refractivity contribution in [3.63, 3.8) is 0 Å². The summed E-state index contributed by atoms with van der Waals surface area (Å²) in [4.78, 5) is 16.3. The zero-order valence-electron chi connectivity index (χ0n) is 13.9. The van der Waals surface area contributed by atoms with Crippen molar-refractivity contribution in [2.75, 3.05) is 0 Å². The lowest BCUT2D eigenvalue weighted by Crippen LogP contribution is -2.01. The molecule has 0 spiro atoms. The number of rotatable bonds is 4. The summed E-state index contributed by atoms with van der Waals surface area (Å²) >= 11 is 1.18. The molecule has 1 aliphatic heterocycles. The highest BCUT2D eigenvalue weighted by Gasteiger charge is 2.21. The van der Waals surface area contributed by atoms with Crippen LogP contribution in [-0.2, 0) is 11.4 Å². The second kappa shape index (κ2) is 7.06. The summed E-state index contributed by atoms with van der Waals surface area (Å²) in [6.07, 6.45) is 1.82. The number of carbonyl (C=O) groups is 1. The Labute approximate surface area is 155 Å². The van der Waals surface area contributed by atoms with E-state index in [1.807, 2.05) is 72.8 Å². The van der Waals surface area contributed by atoms with E-state index in [0.717, 1.165) is 27.6 Å². The smallest absolute Gasteiger partial charge is 0.286 e. The first-order valence-corrected chi connectivity index (χ1v) is 8.99. The monoisotopic (exact) mass is 360 g/mol. The fraction of sp³-hybridized carbons (Fsp3) is 0.0476. The molecule has 0 radical (unpaired) electrons. The topological polar surface area (TPSA) is 64.7 Å². The maximum absolute atomic E-state index is 12.0. The lowest BCUT2D eigenvalue weighted by molar-refractivity contribution is -0.113. The van der Waals surface area contributed by atoms with Crippen molar-refractivity contribution >= 4 is 39.7 Å². The Kier molecular flexibility index (Phi) is 4.46. The number of aliphatic imine (C=N–C) groups is 1. The van der Waals surface area contributed by atoms with Crippen LogP contribution in [0.4, 0.5) is 0 Å². The number of ether oxygens (including phenoxy) is 1. The second-order valence-corrected chi connectivity index (χ2v) is 6.90. The van der Waals surface area contributed by atoms with Gasteiger partial charge in [-0.05, 0) is 40.2 Å². The van der Waals surface area contributed by atoms with Gasteiger partial charge in [-0.1, -0.05) is 60.7 Å². The molecule has 26 heavy (non-hydrogen) atoms. The van der Waals surface area contributed by atoms with E-state index in [1.54, 1.807) is 0 Å². The fourth-order valence-electron chi connectivity index (χ4n) is 2.84. The number of thioether (sulfide) groups is 1. The first-order valence-electron chi connectivity index (χ1n) is 8.17. The van der Waals surface area contributed by atoms with Gasteiger partial charge in [0.25, 0.3) is 5.91 Å². The van der Waals surface area contributed by atoms with Gasteiger partial charge in [-0.3, -0.25) is 4.79 Å². The predicted octanol–water partition coefficient (Wildman–Crippen LogP) is 4.35. The quantitative estimate of drug-likeness (QED) is 0.703. The number of benzene rings is 3. The zero-order chi connectivity index (χ0) is 17.9. The summed E-state index contributed by atoms with van der Waals surface area (Å²) in [7, 11) is 0. The van der Waals surface area contributed by atoms with Crippen LogP contribution >= 0.6 is 11.8 Å². The summed E-state index contributed by atoms with van der Waals surface area (Å²) < 4.78 is 6.07. The average Bonchev–Trinajstić information content (AvgIpc) is 2.99. The minimum absolute atomic E-state index is 0.272. The van der Waals surface area contributed by atoms with Crippen LogP contribution in [0.15, 0.2) is 76.6 Å². The molecule has 1 aliphatic rings. The van der Waals surface area contributed by atoms with E-state index in [2.05, 4.69) is 4.99 Å². The van der Waals surface area contributed by atoms with Crippen LogP contribution in [0.5, 0.6) is 5.75 Å². The van der Waals surface area contributed by atoms with Crippen molar-refractivity contribution < 1.29 is 9.53 Å².